The number of methoxy groups -OCH3 is 1. The van der Waals surface area contributed by atoms with E-state index in [1.165, 1.54) is 24.9 Å². The summed E-state index contributed by atoms with van der Waals surface area (Å²) in [6.45, 7) is 0. The highest BCUT2D eigenvalue weighted by atomic mass is 32.2. The molecule has 0 aliphatic heterocycles. The molecular weight excluding hydrogens is 378 g/mol. The molecule has 0 amide bonds. The van der Waals surface area contributed by atoms with Gasteiger partial charge in [0.25, 0.3) is 5.56 Å². The van der Waals surface area contributed by atoms with E-state index in [-0.39, 0.29) is 22.8 Å². The van der Waals surface area contributed by atoms with E-state index >= 15 is 0 Å². The molecule has 0 aliphatic carbocycles. The number of H-pyrrole nitrogens is 1. The molecule has 3 rings (SSSR count). The fourth-order valence-corrected chi connectivity index (χ4v) is 2.87. The number of esters is 1. The second-order valence-electron chi connectivity index (χ2n) is 5.53. The van der Waals surface area contributed by atoms with Crippen molar-refractivity contribution >= 4 is 17.7 Å². The van der Waals surface area contributed by atoms with Gasteiger partial charge in [0.2, 0.25) is 0 Å². The van der Waals surface area contributed by atoms with Crippen LogP contribution in [-0.4, -0.2) is 29.3 Å². The van der Waals surface area contributed by atoms with Crippen LogP contribution in [0.5, 0.6) is 11.5 Å². The van der Waals surface area contributed by atoms with E-state index < -0.39 is 11.5 Å². The second-order valence-corrected chi connectivity index (χ2v) is 6.33. The van der Waals surface area contributed by atoms with Gasteiger partial charge < -0.3 is 14.5 Å². The number of nitrogens with zero attached hydrogens (tertiary/aromatic N) is 2. The number of hydrogen-bond donors (Lipinski definition) is 1. The Labute approximate surface area is 165 Å². The van der Waals surface area contributed by atoms with Crippen molar-refractivity contribution in [2.75, 3.05) is 13.4 Å². The largest absolute Gasteiger partial charge is 0.493 e. The lowest BCUT2D eigenvalue weighted by atomic mass is 10.1. The third-order valence-electron chi connectivity index (χ3n) is 3.85. The second kappa shape index (κ2) is 8.41. The minimum atomic E-state index is -0.525. The molecule has 0 aliphatic rings. The van der Waals surface area contributed by atoms with Crippen LogP contribution in [0, 0.1) is 11.3 Å². The van der Waals surface area contributed by atoms with Crippen LogP contribution in [0.3, 0.4) is 0 Å². The van der Waals surface area contributed by atoms with E-state index in [1.807, 2.05) is 6.07 Å². The first-order valence-corrected chi connectivity index (χ1v) is 9.34. The Morgan fingerprint density at radius 1 is 1.18 bits per heavy atom. The van der Waals surface area contributed by atoms with Gasteiger partial charge in [0, 0.05) is 5.56 Å². The molecule has 8 heteroatoms. The van der Waals surface area contributed by atoms with E-state index in [0.29, 0.717) is 16.3 Å². The van der Waals surface area contributed by atoms with E-state index in [4.69, 9.17) is 9.47 Å². The number of aromatic nitrogens is 2. The highest BCUT2D eigenvalue weighted by Gasteiger charge is 2.17. The molecule has 1 aromatic heterocycles. The van der Waals surface area contributed by atoms with Gasteiger partial charge in [-0.1, -0.05) is 30.0 Å². The predicted octanol–water partition coefficient (Wildman–Crippen LogP) is 3.26. The Balaban J connectivity index is 2.01. The Morgan fingerprint density at radius 2 is 1.93 bits per heavy atom. The molecule has 0 spiro atoms. The van der Waals surface area contributed by atoms with Gasteiger partial charge in [-0.15, -0.1) is 0 Å². The van der Waals surface area contributed by atoms with E-state index in [9.17, 15) is 14.9 Å². The maximum atomic E-state index is 12.3. The fraction of sp³-hybridized carbons (Fsp3) is 0.100. The zero-order valence-corrected chi connectivity index (χ0v) is 15.9. The minimum Gasteiger partial charge on any atom is -0.493 e. The zero-order chi connectivity index (χ0) is 20.1. The Hall–Kier alpha value is -3.57. The molecule has 0 bridgehead atoms. The third-order valence-corrected chi connectivity index (χ3v) is 4.43. The average Bonchev–Trinajstić information content (AvgIpc) is 2.73. The van der Waals surface area contributed by atoms with Crippen LogP contribution in [0.1, 0.15) is 15.9 Å². The summed E-state index contributed by atoms with van der Waals surface area (Å²) in [5.41, 5.74) is 0.509. The number of ether oxygens (including phenoxy) is 2. The van der Waals surface area contributed by atoms with Crippen molar-refractivity contribution in [1.82, 2.24) is 9.97 Å². The van der Waals surface area contributed by atoms with Gasteiger partial charge in [-0.2, -0.15) is 5.26 Å². The van der Waals surface area contributed by atoms with E-state index in [2.05, 4.69) is 9.97 Å². The summed E-state index contributed by atoms with van der Waals surface area (Å²) in [5.74, 6) is -0.0321. The normalized spacial score (nSPS) is 10.2. The highest BCUT2D eigenvalue weighted by Crippen LogP contribution is 2.33. The number of aromatic amines is 1. The van der Waals surface area contributed by atoms with Crippen LogP contribution < -0.4 is 15.0 Å². The van der Waals surface area contributed by atoms with Gasteiger partial charge in [-0.05, 0) is 36.6 Å². The monoisotopic (exact) mass is 393 g/mol. The first-order valence-electron chi connectivity index (χ1n) is 8.11. The minimum absolute atomic E-state index is 0.103. The molecule has 0 unspecified atom stereocenters. The van der Waals surface area contributed by atoms with Crippen molar-refractivity contribution in [2.45, 2.75) is 5.16 Å². The van der Waals surface area contributed by atoms with Crippen molar-refractivity contribution in [1.29, 1.82) is 5.26 Å². The van der Waals surface area contributed by atoms with Crippen molar-refractivity contribution in [3.8, 4) is 28.8 Å². The molecule has 1 N–H and O–H groups in total. The van der Waals surface area contributed by atoms with E-state index in [1.54, 1.807) is 48.7 Å². The number of nitrogens with one attached hydrogen (secondary N) is 1. The number of thioether (sulfide) groups is 1. The summed E-state index contributed by atoms with van der Waals surface area (Å²) >= 11 is 1.25. The average molecular weight is 393 g/mol. The number of rotatable bonds is 5. The fourth-order valence-electron chi connectivity index (χ4n) is 2.49. The van der Waals surface area contributed by atoms with Gasteiger partial charge >= 0.3 is 5.97 Å². The van der Waals surface area contributed by atoms with Gasteiger partial charge in [-0.3, -0.25) is 4.79 Å². The Morgan fingerprint density at radius 3 is 2.57 bits per heavy atom. The number of benzene rings is 2. The van der Waals surface area contributed by atoms with Gasteiger partial charge in [-0.25, -0.2) is 9.78 Å². The molecule has 3 aromatic rings. The van der Waals surface area contributed by atoms with Crippen LogP contribution >= 0.6 is 11.8 Å². The first-order chi connectivity index (χ1) is 13.6. The SMILES string of the molecule is COc1cc(-c2nc(SC)[nH]c(=O)c2C#N)ccc1OC(=O)c1ccccc1. The predicted molar refractivity (Wildman–Crippen MR) is 105 cm³/mol. The maximum Gasteiger partial charge on any atom is 0.343 e. The lowest BCUT2D eigenvalue weighted by Gasteiger charge is -2.12. The van der Waals surface area contributed by atoms with Crippen molar-refractivity contribution in [3.05, 3.63) is 70.0 Å². The summed E-state index contributed by atoms with van der Waals surface area (Å²) in [6.07, 6.45) is 1.76. The van der Waals surface area contributed by atoms with Crippen LogP contribution in [0.2, 0.25) is 0 Å². The summed E-state index contributed by atoms with van der Waals surface area (Å²) in [6, 6.07) is 15.2. The van der Waals surface area contributed by atoms with Gasteiger partial charge in [0.05, 0.1) is 18.4 Å². The summed E-state index contributed by atoms with van der Waals surface area (Å²) in [5, 5.41) is 9.72. The van der Waals surface area contributed by atoms with Crippen molar-refractivity contribution in [2.24, 2.45) is 0 Å². The third kappa shape index (κ3) is 3.89. The summed E-state index contributed by atoms with van der Waals surface area (Å²) < 4.78 is 10.7. The molecule has 0 radical (unpaired) electrons. The van der Waals surface area contributed by atoms with Crippen molar-refractivity contribution < 1.29 is 14.3 Å². The molecule has 28 heavy (non-hydrogen) atoms. The summed E-state index contributed by atoms with van der Waals surface area (Å²) in [7, 11) is 1.43. The highest BCUT2D eigenvalue weighted by molar-refractivity contribution is 7.98. The van der Waals surface area contributed by atoms with Gasteiger partial charge in [0.1, 0.15) is 11.6 Å². The number of carbonyl (C=O) groups excluding carboxylic acids is 1. The smallest absolute Gasteiger partial charge is 0.343 e. The zero-order valence-electron chi connectivity index (χ0n) is 15.1. The van der Waals surface area contributed by atoms with Crippen molar-refractivity contribution in [3.63, 3.8) is 0 Å². The van der Waals surface area contributed by atoms with Crippen LogP contribution in [0.25, 0.3) is 11.3 Å². The summed E-state index contributed by atoms with van der Waals surface area (Å²) in [4.78, 5) is 31.3. The number of nitriles is 1. The molecule has 0 fully saturated rings. The quantitative estimate of drug-likeness (QED) is 0.307. The molecule has 0 atom stereocenters. The number of hydrogen-bond acceptors (Lipinski definition) is 7. The lowest BCUT2D eigenvalue weighted by molar-refractivity contribution is 0.0730. The molecular formula is C20H15N3O4S. The molecule has 0 saturated heterocycles. The van der Waals surface area contributed by atoms with Crippen LogP contribution in [0.4, 0.5) is 0 Å². The molecule has 140 valence electrons. The van der Waals surface area contributed by atoms with Gasteiger partial charge in [0.15, 0.2) is 16.7 Å². The van der Waals surface area contributed by atoms with E-state index in [0.717, 1.165) is 0 Å². The lowest BCUT2D eigenvalue weighted by Crippen LogP contribution is -2.14. The number of carbonyl (C=O) groups is 1. The molecule has 1 heterocycles. The molecule has 0 saturated carbocycles. The Kier molecular flexibility index (Phi) is 5.77. The standard InChI is InChI=1S/C20H15N3O4S/c1-26-16-10-13(17-14(11-21)18(24)23-20(22-17)28-2)8-9-15(16)27-19(25)12-6-4-3-5-7-12/h3-10H,1-2H3,(H,22,23,24). The molecule has 7 nitrogen and oxygen atoms in total. The maximum absolute atomic E-state index is 12.3. The first kappa shape index (κ1) is 19.2. The topological polar surface area (TPSA) is 105 Å². The Bertz CT molecular complexity index is 1120. The van der Waals surface area contributed by atoms with Crippen LogP contribution in [0.15, 0.2) is 58.5 Å². The molecule has 2 aromatic carbocycles. The van der Waals surface area contributed by atoms with Crippen LogP contribution in [-0.2, 0) is 0 Å².